The van der Waals surface area contributed by atoms with E-state index in [9.17, 15) is 0 Å². The molecule has 3 aromatic rings. The number of nitrogens with zero attached hydrogens (tertiary/aromatic N) is 4. The highest BCUT2D eigenvalue weighted by atomic mass is 15.3. The Hall–Kier alpha value is -2.69. The standard InChI is InChI=1S/C15H15N5/c1-12(14-5-2-3-8-16-14)19-13-6-7-15(17-11-13)20-10-4-9-18-20/h2-12,19H,1H3. The summed E-state index contributed by atoms with van der Waals surface area (Å²) in [7, 11) is 0. The molecule has 0 saturated carbocycles. The summed E-state index contributed by atoms with van der Waals surface area (Å²) in [5.41, 5.74) is 1.96. The molecule has 1 atom stereocenters. The third-order valence-electron chi connectivity index (χ3n) is 3.00. The van der Waals surface area contributed by atoms with Gasteiger partial charge in [0.15, 0.2) is 5.82 Å². The van der Waals surface area contributed by atoms with Crippen LogP contribution in [0.5, 0.6) is 0 Å². The van der Waals surface area contributed by atoms with Gasteiger partial charge in [0.05, 0.1) is 23.6 Å². The van der Waals surface area contributed by atoms with Crippen LogP contribution in [0.3, 0.4) is 0 Å². The minimum absolute atomic E-state index is 0.133. The van der Waals surface area contributed by atoms with Crippen LogP contribution in [0.1, 0.15) is 18.7 Å². The van der Waals surface area contributed by atoms with Crippen molar-refractivity contribution in [3.63, 3.8) is 0 Å². The normalized spacial score (nSPS) is 12.1. The third-order valence-corrected chi connectivity index (χ3v) is 3.00. The van der Waals surface area contributed by atoms with Gasteiger partial charge in [0, 0.05) is 18.6 Å². The van der Waals surface area contributed by atoms with Gasteiger partial charge in [0.1, 0.15) is 0 Å². The number of rotatable bonds is 4. The molecule has 100 valence electrons. The molecule has 5 nitrogen and oxygen atoms in total. The Bertz CT molecular complexity index is 647. The number of nitrogens with one attached hydrogen (secondary N) is 1. The van der Waals surface area contributed by atoms with Crippen LogP contribution in [0.15, 0.2) is 61.2 Å². The highest BCUT2D eigenvalue weighted by Crippen LogP contribution is 2.17. The minimum Gasteiger partial charge on any atom is -0.376 e. The fourth-order valence-electron chi connectivity index (χ4n) is 1.97. The van der Waals surface area contributed by atoms with Gasteiger partial charge in [0.2, 0.25) is 0 Å². The fourth-order valence-corrected chi connectivity index (χ4v) is 1.97. The molecule has 0 aliphatic carbocycles. The molecule has 3 heterocycles. The lowest BCUT2D eigenvalue weighted by molar-refractivity contribution is 0.829. The molecule has 1 unspecified atom stereocenters. The van der Waals surface area contributed by atoms with Gasteiger partial charge >= 0.3 is 0 Å². The lowest BCUT2D eigenvalue weighted by atomic mass is 10.2. The first-order chi connectivity index (χ1) is 9.83. The van der Waals surface area contributed by atoms with Crippen LogP contribution in [-0.4, -0.2) is 19.7 Å². The van der Waals surface area contributed by atoms with E-state index in [4.69, 9.17) is 0 Å². The second kappa shape index (κ2) is 5.52. The van der Waals surface area contributed by atoms with Crippen LogP contribution in [0.2, 0.25) is 0 Å². The molecule has 0 bridgehead atoms. The lowest BCUT2D eigenvalue weighted by Crippen LogP contribution is -2.08. The largest absolute Gasteiger partial charge is 0.376 e. The smallest absolute Gasteiger partial charge is 0.153 e. The van der Waals surface area contributed by atoms with Gasteiger partial charge < -0.3 is 5.32 Å². The number of hydrogen-bond acceptors (Lipinski definition) is 4. The number of pyridine rings is 2. The van der Waals surface area contributed by atoms with Crippen molar-refractivity contribution in [2.24, 2.45) is 0 Å². The topological polar surface area (TPSA) is 55.6 Å². The number of hydrogen-bond donors (Lipinski definition) is 1. The van der Waals surface area contributed by atoms with Gasteiger partial charge in [-0.1, -0.05) is 6.07 Å². The summed E-state index contributed by atoms with van der Waals surface area (Å²) in [6, 6.07) is 11.8. The molecule has 5 heteroatoms. The van der Waals surface area contributed by atoms with Gasteiger partial charge in [-0.3, -0.25) is 4.98 Å². The van der Waals surface area contributed by atoms with Crippen molar-refractivity contribution in [2.75, 3.05) is 5.32 Å². The molecule has 1 N–H and O–H groups in total. The predicted molar refractivity (Wildman–Crippen MR) is 77.6 cm³/mol. The fraction of sp³-hybridized carbons (Fsp3) is 0.133. The highest BCUT2D eigenvalue weighted by Gasteiger charge is 2.06. The average Bonchev–Trinajstić information content (AvgIpc) is 3.03. The molecular formula is C15H15N5. The summed E-state index contributed by atoms with van der Waals surface area (Å²) in [6.45, 7) is 2.07. The molecule has 0 fully saturated rings. The molecule has 0 aliphatic rings. The van der Waals surface area contributed by atoms with E-state index in [-0.39, 0.29) is 6.04 Å². The zero-order chi connectivity index (χ0) is 13.8. The van der Waals surface area contributed by atoms with Crippen LogP contribution in [0.4, 0.5) is 5.69 Å². The van der Waals surface area contributed by atoms with Crippen LogP contribution in [0.25, 0.3) is 5.82 Å². The van der Waals surface area contributed by atoms with Gasteiger partial charge in [0.25, 0.3) is 0 Å². The first kappa shape index (κ1) is 12.3. The maximum Gasteiger partial charge on any atom is 0.153 e. The third kappa shape index (κ3) is 2.66. The van der Waals surface area contributed by atoms with Crippen LogP contribution in [0, 0.1) is 0 Å². The Kier molecular flexibility index (Phi) is 3.41. The Morgan fingerprint density at radius 1 is 1.05 bits per heavy atom. The van der Waals surface area contributed by atoms with E-state index in [0.29, 0.717) is 0 Å². The summed E-state index contributed by atoms with van der Waals surface area (Å²) < 4.78 is 1.73. The van der Waals surface area contributed by atoms with Gasteiger partial charge in [-0.15, -0.1) is 0 Å². The van der Waals surface area contributed by atoms with Gasteiger partial charge in [-0.2, -0.15) is 5.10 Å². The number of anilines is 1. The molecule has 3 aromatic heterocycles. The van der Waals surface area contributed by atoms with E-state index in [1.54, 1.807) is 23.3 Å². The molecule has 0 aliphatic heterocycles. The summed E-state index contributed by atoms with van der Waals surface area (Å²) in [6.07, 6.45) is 7.20. The second-order valence-corrected chi connectivity index (χ2v) is 4.48. The molecule has 3 rings (SSSR count). The van der Waals surface area contributed by atoms with Gasteiger partial charge in [-0.05, 0) is 37.3 Å². The molecule has 0 amide bonds. The minimum atomic E-state index is 0.133. The monoisotopic (exact) mass is 265 g/mol. The predicted octanol–water partition coefficient (Wildman–Crippen LogP) is 2.84. The number of aromatic nitrogens is 4. The zero-order valence-electron chi connectivity index (χ0n) is 11.1. The second-order valence-electron chi connectivity index (χ2n) is 4.48. The van der Waals surface area contributed by atoms with E-state index >= 15 is 0 Å². The lowest BCUT2D eigenvalue weighted by Gasteiger charge is -2.14. The molecule has 0 aromatic carbocycles. The van der Waals surface area contributed by atoms with E-state index in [2.05, 4.69) is 27.3 Å². The van der Waals surface area contributed by atoms with Crippen LogP contribution in [-0.2, 0) is 0 Å². The zero-order valence-corrected chi connectivity index (χ0v) is 11.1. The molecule has 0 spiro atoms. The van der Waals surface area contributed by atoms with E-state index < -0.39 is 0 Å². The van der Waals surface area contributed by atoms with Crippen LogP contribution >= 0.6 is 0 Å². The summed E-state index contributed by atoms with van der Waals surface area (Å²) in [5, 5.41) is 7.52. The Balaban J connectivity index is 1.72. The molecule has 20 heavy (non-hydrogen) atoms. The van der Waals surface area contributed by atoms with Crippen LogP contribution < -0.4 is 5.32 Å². The maximum absolute atomic E-state index is 4.39. The summed E-state index contributed by atoms with van der Waals surface area (Å²) in [4.78, 5) is 8.72. The van der Waals surface area contributed by atoms with Gasteiger partial charge in [-0.25, -0.2) is 9.67 Å². The highest BCUT2D eigenvalue weighted by molar-refractivity contribution is 5.45. The van der Waals surface area contributed by atoms with Crippen molar-refractivity contribution >= 4 is 5.69 Å². The van der Waals surface area contributed by atoms with E-state index in [0.717, 1.165) is 17.2 Å². The van der Waals surface area contributed by atoms with Crippen molar-refractivity contribution in [1.82, 2.24) is 19.7 Å². The van der Waals surface area contributed by atoms with Crippen molar-refractivity contribution in [2.45, 2.75) is 13.0 Å². The summed E-state index contributed by atoms with van der Waals surface area (Å²) >= 11 is 0. The van der Waals surface area contributed by atoms with E-state index in [1.165, 1.54) is 0 Å². The first-order valence-corrected chi connectivity index (χ1v) is 6.46. The molecule has 0 radical (unpaired) electrons. The van der Waals surface area contributed by atoms with E-state index in [1.807, 2.05) is 42.6 Å². The van der Waals surface area contributed by atoms with Crippen molar-refractivity contribution in [3.8, 4) is 5.82 Å². The van der Waals surface area contributed by atoms with Crippen molar-refractivity contribution in [1.29, 1.82) is 0 Å². The van der Waals surface area contributed by atoms with Crippen molar-refractivity contribution in [3.05, 3.63) is 66.9 Å². The molecular weight excluding hydrogens is 250 g/mol. The summed E-state index contributed by atoms with van der Waals surface area (Å²) in [5.74, 6) is 0.797. The Labute approximate surface area is 117 Å². The maximum atomic E-state index is 4.39. The first-order valence-electron chi connectivity index (χ1n) is 6.46. The quantitative estimate of drug-likeness (QED) is 0.788. The van der Waals surface area contributed by atoms with Crippen molar-refractivity contribution < 1.29 is 0 Å². The average molecular weight is 265 g/mol. The Morgan fingerprint density at radius 3 is 2.65 bits per heavy atom. The Morgan fingerprint density at radius 2 is 2.00 bits per heavy atom. The molecule has 0 saturated heterocycles. The SMILES string of the molecule is CC(Nc1ccc(-n2cccn2)nc1)c1ccccn1.